The Morgan fingerprint density at radius 2 is 1.81 bits per heavy atom. The predicted molar refractivity (Wildman–Crippen MR) is 115 cm³/mol. The largest absolute Gasteiger partial charge is 0.486 e. The Morgan fingerprint density at radius 3 is 2.48 bits per heavy atom. The molecular formula is C23H29N3O5. The van der Waals surface area contributed by atoms with Crippen LogP contribution in [-0.2, 0) is 4.79 Å². The molecule has 166 valence electrons. The molecule has 1 aromatic carbocycles. The monoisotopic (exact) mass is 427 g/mol. The lowest BCUT2D eigenvalue weighted by Gasteiger charge is -2.33. The minimum absolute atomic E-state index is 0.00744. The van der Waals surface area contributed by atoms with E-state index in [-0.39, 0.29) is 23.1 Å². The molecule has 8 heteroatoms. The molecule has 1 aromatic heterocycles. The average Bonchev–Trinajstić information content (AvgIpc) is 3.17. The van der Waals surface area contributed by atoms with Gasteiger partial charge in [0.15, 0.2) is 23.1 Å². The molecule has 0 atom stereocenters. The molecular weight excluding hydrogens is 398 g/mol. The quantitative estimate of drug-likeness (QED) is 0.720. The van der Waals surface area contributed by atoms with Crippen molar-refractivity contribution in [1.82, 2.24) is 9.78 Å². The maximum atomic E-state index is 13.2. The third-order valence-corrected chi connectivity index (χ3v) is 6.17. The highest BCUT2D eigenvalue weighted by Gasteiger charge is 2.36. The molecule has 31 heavy (non-hydrogen) atoms. The minimum atomic E-state index is -1.11. The highest BCUT2D eigenvalue weighted by Crippen LogP contribution is 2.34. The summed E-state index contributed by atoms with van der Waals surface area (Å²) in [7, 11) is 0. The number of carboxylic acids is 1. The zero-order valence-corrected chi connectivity index (χ0v) is 18.2. The Bertz CT molecular complexity index is 989. The number of rotatable bonds is 6. The second kappa shape index (κ2) is 8.24. The van der Waals surface area contributed by atoms with Gasteiger partial charge in [0.1, 0.15) is 18.8 Å². The summed E-state index contributed by atoms with van der Waals surface area (Å²) in [6.07, 6.45) is 5.29. The number of nitrogens with one attached hydrogen (secondary N) is 1. The minimum Gasteiger partial charge on any atom is -0.486 e. The summed E-state index contributed by atoms with van der Waals surface area (Å²) < 4.78 is 12.6. The number of benzene rings is 1. The van der Waals surface area contributed by atoms with Crippen molar-refractivity contribution in [2.75, 3.05) is 18.5 Å². The summed E-state index contributed by atoms with van der Waals surface area (Å²) in [5.74, 6) is 1.04. The van der Waals surface area contributed by atoms with E-state index in [9.17, 15) is 14.7 Å². The Balaban J connectivity index is 1.59. The van der Waals surface area contributed by atoms with Crippen molar-refractivity contribution in [1.29, 1.82) is 0 Å². The third kappa shape index (κ3) is 4.38. The molecule has 1 saturated carbocycles. The van der Waals surface area contributed by atoms with E-state index in [4.69, 9.17) is 9.47 Å². The fourth-order valence-corrected chi connectivity index (χ4v) is 4.32. The van der Waals surface area contributed by atoms with Gasteiger partial charge < -0.3 is 19.9 Å². The first-order valence-electron chi connectivity index (χ1n) is 10.8. The number of nitrogens with zero attached hydrogens (tertiary/aromatic N) is 2. The first-order valence-corrected chi connectivity index (χ1v) is 10.8. The highest BCUT2D eigenvalue weighted by atomic mass is 16.6. The van der Waals surface area contributed by atoms with Crippen LogP contribution in [0.25, 0.3) is 5.69 Å². The SMILES string of the molecule is CC(C)(Nc1nn(-c2ccc3c(c2)OCCO3)cc1C(=O)O)C(=O)[C@H]1CC[C@H](C)CC1. The number of carboxylic acid groups (broad SMARTS) is 1. The number of aromatic carboxylic acids is 1. The van der Waals surface area contributed by atoms with E-state index in [1.807, 2.05) is 0 Å². The van der Waals surface area contributed by atoms with Gasteiger partial charge in [0.05, 0.1) is 11.2 Å². The maximum absolute atomic E-state index is 13.2. The van der Waals surface area contributed by atoms with Crippen LogP contribution in [0.15, 0.2) is 24.4 Å². The zero-order valence-electron chi connectivity index (χ0n) is 18.2. The highest BCUT2D eigenvalue weighted by molar-refractivity contribution is 5.96. The van der Waals surface area contributed by atoms with Gasteiger partial charge in [-0.05, 0) is 44.7 Å². The Kier molecular flexibility index (Phi) is 5.64. The lowest BCUT2D eigenvalue weighted by molar-refractivity contribution is -0.127. The number of hydrogen-bond acceptors (Lipinski definition) is 6. The Hall–Kier alpha value is -3.03. The predicted octanol–water partition coefficient (Wildman–Crippen LogP) is 3.93. The second-order valence-electron chi connectivity index (χ2n) is 9.04. The van der Waals surface area contributed by atoms with Crippen molar-refractivity contribution >= 4 is 17.6 Å². The van der Waals surface area contributed by atoms with E-state index in [2.05, 4.69) is 17.3 Å². The van der Waals surface area contributed by atoms with Crippen LogP contribution in [0, 0.1) is 11.8 Å². The van der Waals surface area contributed by atoms with Crippen LogP contribution in [0.3, 0.4) is 0 Å². The van der Waals surface area contributed by atoms with Crippen molar-refractivity contribution in [3.63, 3.8) is 0 Å². The Morgan fingerprint density at radius 1 is 1.13 bits per heavy atom. The first kappa shape index (κ1) is 21.2. The van der Waals surface area contributed by atoms with Crippen molar-refractivity contribution in [2.24, 2.45) is 11.8 Å². The van der Waals surface area contributed by atoms with Crippen molar-refractivity contribution in [2.45, 2.75) is 52.0 Å². The molecule has 2 aromatic rings. The van der Waals surface area contributed by atoms with E-state index >= 15 is 0 Å². The number of carbonyl (C=O) groups is 2. The number of ether oxygens (including phenoxy) is 2. The van der Waals surface area contributed by atoms with Crippen LogP contribution in [0.2, 0.25) is 0 Å². The molecule has 2 heterocycles. The number of Topliss-reactive ketones (excluding diaryl/α,β-unsaturated/α-hetero) is 1. The van der Waals surface area contributed by atoms with Crippen LogP contribution in [0.5, 0.6) is 11.5 Å². The van der Waals surface area contributed by atoms with Crippen LogP contribution in [0.4, 0.5) is 5.82 Å². The summed E-state index contributed by atoms with van der Waals surface area (Å²) in [5.41, 5.74) is -0.278. The van der Waals surface area contributed by atoms with E-state index in [0.717, 1.165) is 25.7 Å². The van der Waals surface area contributed by atoms with Gasteiger partial charge in [-0.2, -0.15) is 0 Å². The summed E-state index contributed by atoms with van der Waals surface area (Å²) in [4.78, 5) is 25.0. The van der Waals surface area contributed by atoms with Crippen molar-refractivity contribution < 1.29 is 24.2 Å². The number of aromatic nitrogens is 2. The summed E-state index contributed by atoms with van der Waals surface area (Å²) >= 11 is 0. The van der Waals surface area contributed by atoms with E-state index in [1.165, 1.54) is 10.9 Å². The number of fused-ring (bicyclic) bond motifs is 1. The summed E-state index contributed by atoms with van der Waals surface area (Å²) in [6, 6.07) is 5.32. The Labute approximate surface area is 181 Å². The summed E-state index contributed by atoms with van der Waals surface area (Å²) in [6.45, 7) is 6.76. The van der Waals surface area contributed by atoms with Crippen LogP contribution in [-0.4, -0.2) is 45.4 Å². The zero-order chi connectivity index (χ0) is 22.2. The van der Waals surface area contributed by atoms with E-state index in [0.29, 0.717) is 36.3 Å². The molecule has 1 aliphatic carbocycles. The summed E-state index contributed by atoms with van der Waals surface area (Å²) in [5, 5.41) is 17.3. The van der Waals surface area contributed by atoms with Crippen LogP contribution < -0.4 is 14.8 Å². The molecule has 0 bridgehead atoms. The van der Waals surface area contributed by atoms with E-state index < -0.39 is 11.5 Å². The topological polar surface area (TPSA) is 103 Å². The van der Waals surface area contributed by atoms with Gasteiger partial charge in [-0.1, -0.05) is 19.8 Å². The molecule has 0 amide bonds. The van der Waals surface area contributed by atoms with Gasteiger partial charge in [0, 0.05) is 18.2 Å². The molecule has 1 aliphatic heterocycles. The van der Waals surface area contributed by atoms with Gasteiger partial charge in [-0.3, -0.25) is 4.79 Å². The third-order valence-electron chi connectivity index (χ3n) is 6.17. The van der Waals surface area contributed by atoms with Crippen molar-refractivity contribution in [3.8, 4) is 17.2 Å². The van der Waals surface area contributed by atoms with Gasteiger partial charge in [-0.25, -0.2) is 9.48 Å². The molecule has 0 radical (unpaired) electrons. The van der Waals surface area contributed by atoms with Crippen LogP contribution in [0.1, 0.15) is 56.8 Å². The lowest BCUT2D eigenvalue weighted by atomic mass is 9.76. The van der Waals surface area contributed by atoms with Gasteiger partial charge in [0.25, 0.3) is 0 Å². The van der Waals surface area contributed by atoms with Crippen molar-refractivity contribution in [3.05, 3.63) is 30.0 Å². The number of carbonyl (C=O) groups excluding carboxylic acids is 1. The van der Waals surface area contributed by atoms with Gasteiger partial charge in [0.2, 0.25) is 0 Å². The number of anilines is 1. The van der Waals surface area contributed by atoms with Crippen LogP contribution >= 0.6 is 0 Å². The molecule has 0 unspecified atom stereocenters. The van der Waals surface area contributed by atoms with E-state index in [1.54, 1.807) is 32.0 Å². The normalized spacial score (nSPS) is 20.9. The first-order chi connectivity index (χ1) is 14.7. The standard InChI is InChI=1S/C23H29N3O5/c1-14-4-6-15(7-5-14)20(27)23(2,3)24-21-17(22(28)29)13-26(25-21)16-8-9-18-19(12-16)31-11-10-30-18/h8-9,12-15H,4-7,10-11H2,1-3H3,(H,24,25)(H,28,29)/t14-,15-. The smallest absolute Gasteiger partial charge is 0.341 e. The lowest BCUT2D eigenvalue weighted by Crippen LogP contribution is -2.45. The maximum Gasteiger partial charge on any atom is 0.341 e. The molecule has 8 nitrogen and oxygen atoms in total. The molecule has 1 fully saturated rings. The second-order valence-corrected chi connectivity index (χ2v) is 9.04. The molecule has 4 rings (SSSR count). The molecule has 0 spiro atoms. The molecule has 2 N–H and O–H groups in total. The fraction of sp³-hybridized carbons (Fsp3) is 0.522. The number of ketones is 1. The molecule has 2 aliphatic rings. The average molecular weight is 428 g/mol. The van der Waals surface area contributed by atoms with Gasteiger partial charge in [-0.15, -0.1) is 5.10 Å². The van der Waals surface area contributed by atoms with Gasteiger partial charge >= 0.3 is 5.97 Å². The number of hydrogen-bond donors (Lipinski definition) is 2. The fourth-order valence-electron chi connectivity index (χ4n) is 4.32. The molecule has 0 saturated heterocycles.